The molecule has 0 spiro atoms. The first-order valence-electron chi connectivity index (χ1n) is 6.72. The van der Waals surface area contributed by atoms with Gasteiger partial charge >= 0.3 is 0 Å². The predicted octanol–water partition coefficient (Wildman–Crippen LogP) is 2.41. The van der Waals surface area contributed by atoms with Crippen LogP contribution in [0.15, 0.2) is 48.7 Å². The summed E-state index contributed by atoms with van der Waals surface area (Å²) < 4.78 is 0. The zero-order chi connectivity index (χ0) is 14.4. The predicted molar refractivity (Wildman–Crippen MR) is 80.3 cm³/mol. The standard InChI is InChI=1S/C16H19N3O/c1-12(9-10-13-6-3-2-4-7-13)19-16(20)14-8-5-11-18-15(14)17/h2-8,11-12H,9-10H2,1H3,(H2,17,18)(H,19,20). The van der Waals surface area contributed by atoms with Crippen LogP contribution in [0.4, 0.5) is 5.82 Å². The van der Waals surface area contributed by atoms with Crippen LogP contribution in [0.25, 0.3) is 0 Å². The Bertz CT molecular complexity index is 569. The lowest BCUT2D eigenvalue weighted by Gasteiger charge is -2.14. The number of amides is 1. The Morgan fingerprint density at radius 1 is 1.25 bits per heavy atom. The number of nitrogens with zero attached hydrogens (tertiary/aromatic N) is 1. The number of aromatic nitrogens is 1. The first kappa shape index (κ1) is 14.1. The van der Waals surface area contributed by atoms with Crippen LogP contribution in [0.1, 0.15) is 29.3 Å². The lowest BCUT2D eigenvalue weighted by molar-refractivity contribution is 0.0939. The largest absolute Gasteiger partial charge is 0.383 e. The lowest BCUT2D eigenvalue weighted by atomic mass is 10.1. The van der Waals surface area contributed by atoms with Crippen LogP contribution >= 0.6 is 0 Å². The number of nitrogen functional groups attached to an aromatic ring is 1. The zero-order valence-electron chi connectivity index (χ0n) is 11.5. The number of rotatable bonds is 5. The number of anilines is 1. The van der Waals surface area contributed by atoms with E-state index in [4.69, 9.17) is 5.73 Å². The van der Waals surface area contributed by atoms with Crippen LogP contribution in [0, 0.1) is 0 Å². The second-order valence-corrected chi connectivity index (χ2v) is 4.83. The molecule has 20 heavy (non-hydrogen) atoms. The van der Waals surface area contributed by atoms with Gasteiger partial charge in [-0.1, -0.05) is 30.3 Å². The van der Waals surface area contributed by atoms with E-state index in [1.165, 1.54) is 5.56 Å². The second kappa shape index (κ2) is 6.70. The Kier molecular flexibility index (Phi) is 4.71. The molecule has 3 N–H and O–H groups in total. The average Bonchev–Trinajstić information content (AvgIpc) is 2.46. The molecule has 104 valence electrons. The Balaban J connectivity index is 1.87. The van der Waals surface area contributed by atoms with Crippen molar-refractivity contribution in [2.45, 2.75) is 25.8 Å². The molecule has 2 aromatic rings. The number of hydrogen-bond acceptors (Lipinski definition) is 3. The molecule has 0 bridgehead atoms. The summed E-state index contributed by atoms with van der Waals surface area (Å²) >= 11 is 0. The number of nitrogens with two attached hydrogens (primary N) is 1. The molecule has 1 heterocycles. The van der Waals surface area contributed by atoms with Gasteiger partial charge < -0.3 is 11.1 Å². The summed E-state index contributed by atoms with van der Waals surface area (Å²) in [6.45, 7) is 1.99. The van der Waals surface area contributed by atoms with Gasteiger partial charge in [-0.2, -0.15) is 0 Å². The van der Waals surface area contributed by atoms with Crippen LogP contribution in [-0.2, 0) is 6.42 Å². The Hall–Kier alpha value is -2.36. The molecule has 1 atom stereocenters. The average molecular weight is 269 g/mol. The maximum absolute atomic E-state index is 12.1. The number of benzene rings is 1. The highest BCUT2D eigenvalue weighted by Crippen LogP contribution is 2.09. The zero-order valence-corrected chi connectivity index (χ0v) is 11.5. The minimum absolute atomic E-state index is 0.0855. The van der Waals surface area contributed by atoms with Gasteiger partial charge in [0.15, 0.2) is 0 Å². The van der Waals surface area contributed by atoms with E-state index in [9.17, 15) is 4.79 Å². The van der Waals surface area contributed by atoms with Crippen molar-refractivity contribution in [2.75, 3.05) is 5.73 Å². The van der Waals surface area contributed by atoms with E-state index in [0.717, 1.165) is 12.8 Å². The van der Waals surface area contributed by atoms with Crippen molar-refractivity contribution in [2.24, 2.45) is 0 Å². The number of carbonyl (C=O) groups excluding carboxylic acids is 1. The van der Waals surface area contributed by atoms with Crippen LogP contribution in [0.3, 0.4) is 0 Å². The highest BCUT2D eigenvalue weighted by atomic mass is 16.1. The maximum Gasteiger partial charge on any atom is 0.255 e. The number of pyridine rings is 1. The molecule has 0 saturated heterocycles. The third kappa shape index (κ3) is 3.82. The number of aryl methyl sites for hydroxylation is 1. The summed E-state index contributed by atoms with van der Waals surface area (Å²) in [4.78, 5) is 16.0. The fourth-order valence-corrected chi connectivity index (χ4v) is 2.01. The fraction of sp³-hybridized carbons (Fsp3) is 0.250. The third-order valence-corrected chi connectivity index (χ3v) is 3.17. The van der Waals surface area contributed by atoms with Gasteiger partial charge in [0.1, 0.15) is 5.82 Å². The van der Waals surface area contributed by atoms with E-state index in [-0.39, 0.29) is 17.8 Å². The van der Waals surface area contributed by atoms with Crippen molar-refractivity contribution in [3.8, 4) is 0 Å². The van der Waals surface area contributed by atoms with Crippen LogP contribution in [0.5, 0.6) is 0 Å². The lowest BCUT2D eigenvalue weighted by Crippen LogP contribution is -2.33. The third-order valence-electron chi connectivity index (χ3n) is 3.17. The monoisotopic (exact) mass is 269 g/mol. The van der Waals surface area contributed by atoms with Crippen molar-refractivity contribution in [3.05, 3.63) is 59.8 Å². The van der Waals surface area contributed by atoms with Crippen LogP contribution in [-0.4, -0.2) is 16.9 Å². The van der Waals surface area contributed by atoms with Gasteiger partial charge in [0, 0.05) is 12.2 Å². The van der Waals surface area contributed by atoms with Crippen molar-refractivity contribution >= 4 is 11.7 Å². The molecule has 0 aliphatic carbocycles. The van der Waals surface area contributed by atoms with E-state index in [1.807, 2.05) is 25.1 Å². The molecule has 4 nitrogen and oxygen atoms in total. The minimum atomic E-state index is -0.170. The second-order valence-electron chi connectivity index (χ2n) is 4.83. The molecule has 1 aromatic heterocycles. The molecular weight excluding hydrogens is 250 g/mol. The van der Waals surface area contributed by atoms with Gasteiger partial charge in [-0.25, -0.2) is 4.98 Å². The van der Waals surface area contributed by atoms with Gasteiger partial charge in [0.2, 0.25) is 0 Å². The molecule has 2 rings (SSSR count). The number of hydrogen-bond donors (Lipinski definition) is 2. The molecule has 0 fully saturated rings. The summed E-state index contributed by atoms with van der Waals surface area (Å²) in [5, 5.41) is 2.95. The van der Waals surface area contributed by atoms with E-state index in [0.29, 0.717) is 5.56 Å². The van der Waals surface area contributed by atoms with Crippen molar-refractivity contribution in [1.82, 2.24) is 10.3 Å². The van der Waals surface area contributed by atoms with Gasteiger partial charge in [-0.3, -0.25) is 4.79 Å². The van der Waals surface area contributed by atoms with Gasteiger partial charge in [0.05, 0.1) is 5.56 Å². The van der Waals surface area contributed by atoms with Crippen molar-refractivity contribution < 1.29 is 4.79 Å². The summed E-state index contributed by atoms with van der Waals surface area (Å²) in [6, 6.07) is 13.7. The SMILES string of the molecule is CC(CCc1ccccc1)NC(=O)c1cccnc1N. The fourth-order valence-electron chi connectivity index (χ4n) is 2.01. The van der Waals surface area contributed by atoms with Gasteiger partial charge in [-0.05, 0) is 37.5 Å². The molecule has 1 unspecified atom stereocenters. The first-order valence-corrected chi connectivity index (χ1v) is 6.72. The van der Waals surface area contributed by atoms with Crippen LogP contribution < -0.4 is 11.1 Å². The molecule has 0 radical (unpaired) electrons. The number of nitrogens with one attached hydrogen (secondary N) is 1. The quantitative estimate of drug-likeness (QED) is 0.876. The molecular formula is C16H19N3O. The summed E-state index contributed by atoms with van der Waals surface area (Å²) in [7, 11) is 0. The Morgan fingerprint density at radius 3 is 2.70 bits per heavy atom. The molecule has 0 aliphatic heterocycles. The topological polar surface area (TPSA) is 68.0 Å². The normalized spacial score (nSPS) is 11.8. The number of carbonyl (C=O) groups is 1. The smallest absolute Gasteiger partial charge is 0.255 e. The maximum atomic E-state index is 12.1. The van der Waals surface area contributed by atoms with Crippen molar-refractivity contribution in [1.29, 1.82) is 0 Å². The van der Waals surface area contributed by atoms with E-state index >= 15 is 0 Å². The Labute approximate surface area is 119 Å². The summed E-state index contributed by atoms with van der Waals surface area (Å²) in [6.07, 6.45) is 3.39. The minimum Gasteiger partial charge on any atom is -0.383 e. The van der Waals surface area contributed by atoms with Gasteiger partial charge in [-0.15, -0.1) is 0 Å². The molecule has 1 amide bonds. The van der Waals surface area contributed by atoms with E-state index < -0.39 is 0 Å². The van der Waals surface area contributed by atoms with E-state index in [1.54, 1.807) is 18.3 Å². The summed E-state index contributed by atoms with van der Waals surface area (Å²) in [5.41, 5.74) is 7.39. The Morgan fingerprint density at radius 2 is 2.00 bits per heavy atom. The summed E-state index contributed by atoms with van der Waals surface area (Å²) in [5.74, 6) is 0.0939. The molecule has 0 aliphatic rings. The highest BCUT2D eigenvalue weighted by Gasteiger charge is 2.12. The molecule has 4 heteroatoms. The van der Waals surface area contributed by atoms with E-state index in [2.05, 4.69) is 22.4 Å². The van der Waals surface area contributed by atoms with Crippen LogP contribution in [0.2, 0.25) is 0 Å². The molecule has 0 saturated carbocycles. The highest BCUT2D eigenvalue weighted by molar-refractivity contribution is 5.98. The molecule has 1 aromatic carbocycles. The first-order chi connectivity index (χ1) is 9.66. The van der Waals surface area contributed by atoms with Gasteiger partial charge in [0.25, 0.3) is 5.91 Å². The van der Waals surface area contributed by atoms with Crippen molar-refractivity contribution in [3.63, 3.8) is 0 Å².